The Morgan fingerprint density at radius 3 is 3.00 bits per heavy atom. The smallest absolute Gasteiger partial charge is 0.331 e. The van der Waals surface area contributed by atoms with Crippen LogP contribution in [0.2, 0.25) is 0 Å². The largest absolute Gasteiger partial charge is 0.481 e. The van der Waals surface area contributed by atoms with Crippen molar-refractivity contribution in [3.05, 3.63) is 18.1 Å². The molecule has 0 fully saturated rings. The number of methoxy groups -OCH3 is 1. The van der Waals surface area contributed by atoms with Crippen molar-refractivity contribution < 1.29 is 14.3 Å². The summed E-state index contributed by atoms with van der Waals surface area (Å²) in [5.41, 5.74) is 0. The highest BCUT2D eigenvalue weighted by molar-refractivity contribution is 5.80. The van der Waals surface area contributed by atoms with Crippen molar-refractivity contribution in [1.29, 1.82) is 5.26 Å². The predicted octanol–water partition coefficient (Wildman–Crippen LogP) is 0.655. The minimum atomic E-state index is -1.12. The van der Waals surface area contributed by atoms with E-state index >= 15 is 0 Å². The van der Waals surface area contributed by atoms with Crippen LogP contribution < -0.4 is 4.74 Å². The van der Waals surface area contributed by atoms with Gasteiger partial charge in [-0.2, -0.15) is 10.2 Å². The van der Waals surface area contributed by atoms with Crippen LogP contribution >= 0.6 is 0 Å². The maximum Gasteiger partial charge on any atom is 0.331 e. The number of nitriles is 1. The van der Waals surface area contributed by atoms with Gasteiger partial charge in [0.15, 0.2) is 5.82 Å². The highest BCUT2D eigenvalue weighted by Crippen LogP contribution is 2.14. The topological polar surface area (TPSA) is 85.1 Å². The molecule has 1 aromatic rings. The zero-order chi connectivity index (χ0) is 12.0. The predicted molar refractivity (Wildman–Crippen MR) is 53.6 cm³/mol. The summed E-state index contributed by atoms with van der Waals surface area (Å²) in [6.07, 6.45) is 1.42. The van der Waals surface area contributed by atoms with Crippen LogP contribution in [0.1, 0.15) is 18.7 Å². The molecule has 0 amide bonds. The zero-order valence-electron chi connectivity index (χ0n) is 9.01. The van der Waals surface area contributed by atoms with Crippen molar-refractivity contribution in [2.24, 2.45) is 0 Å². The summed E-state index contributed by atoms with van der Waals surface area (Å²) in [7, 11) is 1.44. The molecule has 84 valence electrons. The van der Waals surface area contributed by atoms with Crippen LogP contribution in [0.25, 0.3) is 0 Å². The first-order valence-electron chi connectivity index (χ1n) is 4.66. The van der Waals surface area contributed by atoms with E-state index in [4.69, 9.17) is 14.7 Å². The number of hydrogen-bond acceptors (Lipinski definition) is 6. The van der Waals surface area contributed by atoms with E-state index in [0.717, 1.165) is 0 Å². The van der Waals surface area contributed by atoms with Gasteiger partial charge in [0.1, 0.15) is 0 Å². The molecule has 0 aliphatic carbocycles. The maximum atomic E-state index is 11.4. The first-order valence-corrected chi connectivity index (χ1v) is 4.66. The third-order valence-electron chi connectivity index (χ3n) is 1.77. The summed E-state index contributed by atoms with van der Waals surface area (Å²) in [4.78, 5) is 19.2. The summed E-state index contributed by atoms with van der Waals surface area (Å²) in [5, 5.41) is 8.87. The number of carbonyl (C=O) groups is 1. The van der Waals surface area contributed by atoms with E-state index in [9.17, 15) is 4.79 Å². The molecule has 0 saturated heterocycles. The molecule has 1 heterocycles. The van der Waals surface area contributed by atoms with Crippen LogP contribution in [-0.2, 0) is 9.53 Å². The molecular formula is C10H11N3O3. The van der Waals surface area contributed by atoms with E-state index in [0.29, 0.717) is 5.88 Å². The Labute approximate surface area is 92.8 Å². The highest BCUT2D eigenvalue weighted by Gasteiger charge is 2.24. The Hall–Kier alpha value is -2.16. The van der Waals surface area contributed by atoms with E-state index in [-0.39, 0.29) is 12.4 Å². The minimum absolute atomic E-state index is 0.0836. The lowest BCUT2D eigenvalue weighted by atomic mass is 10.1. The van der Waals surface area contributed by atoms with Crippen molar-refractivity contribution >= 4 is 5.97 Å². The van der Waals surface area contributed by atoms with Gasteiger partial charge < -0.3 is 9.47 Å². The van der Waals surface area contributed by atoms with Crippen molar-refractivity contribution in [3.63, 3.8) is 0 Å². The SMILES string of the molecule is CCOC(=O)C(C#N)c1nccc(OC)n1. The lowest BCUT2D eigenvalue weighted by molar-refractivity contribution is -0.143. The fourth-order valence-corrected chi connectivity index (χ4v) is 1.05. The number of rotatable bonds is 4. The maximum absolute atomic E-state index is 11.4. The second-order valence-electron chi connectivity index (χ2n) is 2.77. The highest BCUT2D eigenvalue weighted by atomic mass is 16.5. The van der Waals surface area contributed by atoms with E-state index in [1.807, 2.05) is 0 Å². The number of ether oxygens (including phenoxy) is 2. The molecule has 0 N–H and O–H groups in total. The monoisotopic (exact) mass is 221 g/mol. The molecule has 0 spiro atoms. The van der Waals surface area contributed by atoms with Crippen LogP contribution in [-0.4, -0.2) is 29.7 Å². The van der Waals surface area contributed by atoms with Crippen LogP contribution in [0, 0.1) is 11.3 Å². The van der Waals surface area contributed by atoms with E-state index in [1.54, 1.807) is 13.0 Å². The molecule has 1 unspecified atom stereocenters. The third kappa shape index (κ3) is 2.67. The second kappa shape index (κ2) is 5.66. The van der Waals surface area contributed by atoms with Crippen LogP contribution in [0.15, 0.2) is 12.3 Å². The van der Waals surface area contributed by atoms with Gasteiger partial charge in [0.05, 0.1) is 19.8 Å². The number of carbonyl (C=O) groups excluding carboxylic acids is 1. The number of esters is 1. The Balaban J connectivity index is 2.95. The summed E-state index contributed by atoms with van der Waals surface area (Å²) in [5.74, 6) is -1.39. The minimum Gasteiger partial charge on any atom is -0.481 e. The molecule has 6 heteroatoms. The fourth-order valence-electron chi connectivity index (χ4n) is 1.05. The van der Waals surface area contributed by atoms with Crippen molar-refractivity contribution in [2.45, 2.75) is 12.8 Å². The lowest BCUT2D eigenvalue weighted by Gasteiger charge is -2.07. The van der Waals surface area contributed by atoms with Gasteiger partial charge in [0.25, 0.3) is 0 Å². The molecule has 6 nitrogen and oxygen atoms in total. The quantitative estimate of drug-likeness (QED) is 0.694. The van der Waals surface area contributed by atoms with Gasteiger partial charge in [0, 0.05) is 12.3 Å². The van der Waals surface area contributed by atoms with Gasteiger partial charge in [-0.15, -0.1) is 0 Å². The van der Waals surface area contributed by atoms with Crippen LogP contribution in [0.4, 0.5) is 0 Å². The molecular weight excluding hydrogens is 210 g/mol. The van der Waals surface area contributed by atoms with Gasteiger partial charge in [-0.05, 0) is 6.92 Å². The molecule has 1 aromatic heterocycles. The van der Waals surface area contributed by atoms with Crippen LogP contribution in [0.3, 0.4) is 0 Å². The van der Waals surface area contributed by atoms with Gasteiger partial charge in [-0.25, -0.2) is 4.98 Å². The average Bonchev–Trinajstić information content (AvgIpc) is 2.31. The fraction of sp³-hybridized carbons (Fsp3) is 0.400. The number of hydrogen-bond donors (Lipinski definition) is 0. The number of nitrogens with zero attached hydrogens (tertiary/aromatic N) is 3. The van der Waals surface area contributed by atoms with Crippen molar-refractivity contribution in [2.75, 3.05) is 13.7 Å². The molecule has 0 aliphatic rings. The standard InChI is InChI=1S/C10H11N3O3/c1-3-16-10(14)7(6-11)9-12-5-4-8(13-9)15-2/h4-5,7H,3H2,1-2H3. The normalized spacial score (nSPS) is 11.3. The van der Waals surface area contributed by atoms with Gasteiger partial charge in [-0.3, -0.25) is 4.79 Å². The first kappa shape index (κ1) is 11.9. The van der Waals surface area contributed by atoms with E-state index in [2.05, 4.69) is 9.97 Å². The molecule has 16 heavy (non-hydrogen) atoms. The third-order valence-corrected chi connectivity index (χ3v) is 1.77. The summed E-state index contributed by atoms with van der Waals surface area (Å²) in [6.45, 7) is 1.87. The molecule has 0 radical (unpaired) electrons. The number of aromatic nitrogens is 2. The molecule has 0 aromatic carbocycles. The Bertz CT molecular complexity index is 414. The summed E-state index contributed by atoms with van der Waals surface area (Å²) in [6, 6.07) is 3.33. The summed E-state index contributed by atoms with van der Waals surface area (Å²) < 4.78 is 9.62. The average molecular weight is 221 g/mol. The Morgan fingerprint density at radius 1 is 1.69 bits per heavy atom. The second-order valence-corrected chi connectivity index (χ2v) is 2.77. The molecule has 1 rings (SSSR count). The molecule has 1 atom stereocenters. The summed E-state index contributed by atoms with van der Waals surface area (Å²) >= 11 is 0. The first-order chi connectivity index (χ1) is 7.72. The Kier molecular flexibility index (Phi) is 4.21. The van der Waals surface area contributed by atoms with E-state index < -0.39 is 11.9 Å². The zero-order valence-corrected chi connectivity index (χ0v) is 9.01. The molecule has 0 aliphatic heterocycles. The van der Waals surface area contributed by atoms with E-state index in [1.165, 1.54) is 19.4 Å². The van der Waals surface area contributed by atoms with Gasteiger partial charge in [-0.1, -0.05) is 0 Å². The van der Waals surface area contributed by atoms with Crippen molar-refractivity contribution in [3.8, 4) is 11.9 Å². The van der Waals surface area contributed by atoms with Gasteiger partial charge in [0.2, 0.25) is 11.8 Å². The Morgan fingerprint density at radius 2 is 2.44 bits per heavy atom. The van der Waals surface area contributed by atoms with Gasteiger partial charge >= 0.3 is 5.97 Å². The molecule has 0 bridgehead atoms. The van der Waals surface area contributed by atoms with Crippen molar-refractivity contribution in [1.82, 2.24) is 9.97 Å². The van der Waals surface area contributed by atoms with Crippen LogP contribution in [0.5, 0.6) is 5.88 Å². The lowest BCUT2D eigenvalue weighted by Crippen LogP contribution is -2.17. The molecule has 0 saturated carbocycles.